The van der Waals surface area contributed by atoms with Gasteiger partial charge in [0.1, 0.15) is 11.5 Å². The molecule has 116 valence electrons. The zero-order valence-electron chi connectivity index (χ0n) is 12.9. The number of rotatable bonds is 4. The minimum absolute atomic E-state index is 0.597. The van der Waals surface area contributed by atoms with Crippen LogP contribution in [0.2, 0.25) is 0 Å². The van der Waals surface area contributed by atoms with Crippen LogP contribution >= 0.6 is 0 Å². The third kappa shape index (κ3) is 3.06. The molecule has 3 heteroatoms. The number of para-hydroxylation sites is 1. The van der Waals surface area contributed by atoms with E-state index >= 15 is 0 Å². The Morgan fingerprint density at radius 1 is 0.625 bits per heavy atom. The Hall–Kier alpha value is -3.33. The van der Waals surface area contributed by atoms with Crippen molar-refractivity contribution in [3.8, 4) is 34.3 Å². The van der Waals surface area contributed by atoms with Gasteiger partial charge in [0.15, 0.2) is 5.76 Å². The summed E-state index contributed by atoms with van der Waals surface area (Å²) < 4.78 is 11.7. The maximum absolute atomic E-state index is 5.86. The van der Waals surface area contributed by atoms with Crippen molar-refractivity contribution < 1.29 is 9.15 Å². The second-order valence-corrected chi connectivity index (χ2v) is 5.34. The van der Waals surface area contributed by atoms with E-state index in [4.69, 9.17) is 9.15 Å². The van der Waals surface area contributed by atoms with Crippen LogP contribution in [0.15, 0.2) is 95.5 Å². The minimum atomic E-state index is 0.597. The summed E-state index contributed by atoms with van der Waals surface area (Å²) in [7, 11) is 0. The van der Waals surface area contributed by atoms with Crippen molar-refractivity contribution in [1.29, 1.82) is 0 Å². The Balaban J connectivity index is 1.54. The molecule has 0 aliphatic rings. The fourth-order valence-corrected chi connectivity index (χ4v) is 2.43. The molecule has 0 aliphatic carbocycles. The van der Waals surface area contributed by atoms with E-state index in [1.807, 2.05) is 84.9 Å². The van der Waals surface area contributed by atoms with Gasteiger partial charge in [-0.15, -0.1) is 0 Å². The third-order valence-electron chi connectivity index (χ3n) is 3.64. The highest BCUT2D eigenvalue weighted by molar-refractivity contribution is 5.61. The van der Waals surface area contributed by atoms with Crippen molar-refractivity contribution in [2.45, 2.75) is 0 Å². The van der Waals surface area contributed by atoms with Gasteiger partial charge < -0.3 is 9.15 Å². The fraction of sp³-hybridized carbons (Fsp3) is 0. The molecule has 0 spiro atoms. The first kappa shape index (κ1) is 14.3. The number of nitrogens with zero attached hydrogens (tertiary/aromatic N) is 1. The van der Waals surface area contributed by atoms with Crippen molar-refractivity contribution in [3.05, 3.63) is 91.1 Å². The molecule has 0 unspecified atom stereocenters. The van der Waals surface area contributed by atoms with Gasteiger partial charge in [-0.3, -0.25) is 0 Å². The van der Waals surface area contributed by atoms with Gasteiger partial charge in [-0.05, 0) is 36.4 Å². The predicted molar refractivity (Wildman–Crippen MR) is 93.9 cm³/mol. The molecule has 0 bridgehead atoms. The SMILES string of the molecule is c1ccc(Oc2ccc(-c3ncc(-c4ccccc4)o3)cc2)cc1. The molecular weight excluding hydrogens is 298 g/mol. The Kier molecular flexibility index (Phi) is 3.82. The van der Waals surface area contributed by atoms with Gasteiger partial charge >= 0.3 is 0 Å². The lowest BCUT2D eigenvalue weighted by Crippen LogP contribution is -1.84. The van der Waals surface area contributed by atoms with E-state index in [9.17, 15) is 0 Å². The van der Waals surface area contributed by atoms with Crippen molar-refractivity contribution in [3.63, 3.8) is 0 Å². The van der Waals surface area contributed by atoms with Gasteiger partial charge in [-0.1, -0.05) is 48.5 Å². The molecule has 0 saturated carbocycles. The summed E-state index contributed by atoms with van der Waals surface area (Å²) in [4.78, 5) is 4.37. The highest BCUT2D eigenvalue weighted by Gasteiger charge is 2.08. The fourth-order valence-electron chi connectivity index (χ4n) is 2.43. The van der Waals surface area contributed by atoms with Crippen LogP contribution in [-0.2, 0) is 0 Å². The Bertz CT molecular complexity index is 913. The normalized spacial score (nSPS) is 10.5. The molecule has 3 aromatic carbocycles. The summed E-state index contributed by atoms with van der Waals surface area (Å²) in [6.07, 6.45) is 1.75. The second-order valence-electron chi connectivity index (χ2n) is 5.34. The van der Waals surface area contributed by atoms with E-state index in [-0.39, 0.29) is 0 Å². The van der Waals surface area contributed by atoms with E-state index in [1.165, 1.54) is 0 Å². The molecule has 24 heavy (non-hydrogen) atoms. The summed E-state index contributed by atoms with van der Waals surface area (Å²) >= 11 is 0. The monoisotopic (exact) mass is 313 g/mol. The molecule has 1 heterocycles. The number of aromatic nitrogens is 1. The highest BCUT2D eigenvalue weighted by atomic mass is 16.5. The third-order valence-corrected chi connectivity index (χ3v) is 3.64. The molecule has 0 atom stereocenters. The molecule has 0 saturated heterocycles. The minimum Gasteiger partial charge on any atom is -0.457 e. The zero-order chi connectivity index (χ0) is 16.2. The van der Waals surface area contributed by atoms with Crippen LogP contribution in [-0.4, -0.2) is 4.98 Å². The van der Waals surface area contributed by atoms with Crippen molar-refractivity contribution >= 4 is 0 Å². The summed E-state index contributed by atoms with van der Waals surface area (Å²) in [5.74, 6) is 2.95. The number of benzene rings is 3. The van der Waals surface area contributed by atoms with Gasteiger partial charge in [0.25, 0.3) is 0 Å². The predicted octanol–water partition coefficient (Wildman–Crippen LogP) is 5.80. The average molecular weight is 313 g/mol. The largest absolute Gasteiger partial charge is 0.457 e. The van der Waals surface area contributed by atoms with Crippen LogP contribution in [0.25, 0.3) is 22.8 Å². The Labute approximate surface area is 140 Å². The molecule has 0 radical (unpaired) electrons. The summed E-state index contributed by atoms with van der Waals surface area (Å²) in [6.45, 7) is 0. The summed E-state index contributed by atoms with van der Waals surface area (Å²) in [6, 6.07) is 27.4. The van der Waals surface area contributed by atoms with Gasteiger partial charge in [0.05, 0.1) is 6.20 Å². The van der Waals surface area contributed by atoms with Gasteiger partial charge in [-0.25, -0.2) is 4.98 Å². The van der Waals surface area contributed by atoms with Crippen LogP contribution in [0.4, 0.5) is 0 Å². The van der Waals surface area contributed by atoms with Crippen molar-refractivity contribution in [1.82, 2.24) is 4.98 Å². The van der Waals surface area contributed by atoms with Crippen LogP contribution in [0, 0.1) is 0 Å². The molecule has 0 amide bonds. The number of hydrogen-bond acceptors (Lipinski definition) is 3. The first-order valence-corrected chi connectivity index (χ1v) is 7.73. The number of oxazole rings is 1. The number of ether oxygens (including phenoxy) is 1. The molecule has 1 aromatic heterocycles. The van der Waals surface area contributed by atoms with E-state index in [1.54, 1.807) is 6.20 Å². The van der Waals surface area contributed by atoms with Gasteiger partial charge in [0.2, 0.25) is 5.89 Å². The van der Waals surface area contributed by atoms with E-state index in [0.717, 1.165) is 28.4 Å². The van der Waals surface area contributed by atoms with Crippen LogP contribution < -0.4 is 4.74 Å². The van der Waals surface area contributed by atoms with Gasteiger partial charge in [0, 0.05) is 11.1 Å². The van der Waals surface area contributed by atoms with Crippen LogP contribution in [0.3, 0.4) is 0 Å². The Morgan fingerprint density at radius 3 is 1.96 bits per heavy atom. The molecule has 0 fully saturated rings. The van der Waals surface area contributed by atoms with Crippen LogP contribution in [0.5, 0.6) is 11.5 Å². The lowest BCUT2D eigenvalue weighted by molar-refractivity contribution is 0.482. The standard InChI is InChI=1S/C21H15NO2/c1-3-7-16(8-4-1)20-15-22-21(24-20)17-11-13-19(14-12-17)23-18-9-5-2-6-10-18/h1-15H. The smallest absolute Gasteiger partial charge is 0.226 e. The molecular formula is C21H15NO2. The summed E-state index contributed by atoms with van der Waals surface area (Å²) in [5.41, 5.74) is 1.93. The second kappa shape index (κ2) is 6.42. The maximum Gasteiger partial charge on any atom is 0.226 e. The topological polar surface area (TPSA) is 35.3 Å². The summed E-state index contributed by atoms with van der Waals surface area (Å²) in [5, 5.41) is 0. The average Bonchev–Trinajstić information content (AvgIpc) is 3.14. The van der Waals surface area contributed by atoms with E-state index in [2.05, 4.69) is 4.98 Å². The zero-order valence-corrected chi connectivity index (χ0v) is 12.9. The number of hydrogen-bond donors (Lipinski definition) is 0. The molecule has 3 nitrogen and oxygen atoms in total. The Morgan fingerprint density at radius 2 is 1.25 bits per heavy atom. The lowest BCUT2D eigenvalue weighted by Gasteiger charge is -2.05. The van der Waals surface area contributed by atoms with E-state index < -0.39 is 0 Å². The van der Waals surface area contributed by atoms with Gasteiger partial charge in [-0.2, -0.15) is 0 Å². The van der Waals surface area contributed by atoms with E-state index in [0.29, 0.717) is 5.89 Å². The molecule has 4 aromatic rings. The van der Waals surface area contributed by atoms with Crippen LogP contribution in [0.1, 0.15) is 0 Å². The molecule has 0 aliphatic heterocycles. The lowest BCUT2D eigenvalue weighted by atomic mass is 10.2. The first-order chi connectivity index (χ1) is 11.9. The maximum atomic E-state index is 5.86. The van der Waals surface area contributed by atoms with Crippen molar-refractivity contribution in [2.75, 3.05) is 0 Å². The molecule has 4 rings (SSSR count). The molecule has 0 N–H and O–H groups in total. The first-order valence-electron chi connectivity index (χ1n) is 7.73. The van der Waals surface area contributed by atoms with Crippen molar-refractivity contribution in [2.24, 2.45) is 0 Å². The highest BCUT2D eigenvalue weighted by Crippen LogP contribution is 2.28. The quantitative estimate of drug-likeness (QED) is 0.477.